The van der Waals surface area contributed by atoms with Crippen molar-refractivity contribution in [1.82, 2.24) is 0 Å². The van der Waals surface area contributed by atoms with Gasteiger partial charge in [-0.3, -0.25) is 14.2 Å². The first-order valence-corrected chi connectivity index (χ1v) is 35.1. The quantitative estimate of drug-likeness (QED) is 0.0106. The third kappa shape index (κ3) is 24.4. The number of hydrogen-bond acceptors (Lipinski definition) is 15. The smallest absolute Gasteiger partial charge is 0.341 e. The normalized spacial score (nSPS) is 29.4. The van der Waals surface area contributed by atoms with Gasteiger partial charge in [0.1, 0.15) is 18.6 Å². The van der Waals surface area contributed by atoms with Crippen LogP contribution in [0, 0.1) is 17.8 Å². The fourth-order valence-corrected chi connectivity index (χ4v) is 14.3. The van der Waals surface area contributed by atoms with Crippen LogP contribution < -0.4 is 0 Å². The van der Waals surface area contributed by atoms with Crippen molar-refractivity contribution in [2.45, 2.75) is 271 Å². The summed E-state index contributed by atoms with van der Waals surface area (Å²) < 4.78 is 91.3. The van der Waals surface area contributed by atoms with Crippen molar-refractivity contribution in [2.24, 2.45) is 17.8 Å². The first-order valence-electron chi connectivity index (χ1n) is 29.4. The second-order valence-corrected chi connectivity index (χ2v) is 33.9. The highest BCUT2D eigenvalue weighted by molar-refractivity contribution is 14.1. The van der Waals surface area contributed by atoms with E-state index >= 15 is 0 Å². The molecule has 458 valence electrons. The van der Waals surface area contributed by atoms with Gasteiger partial charge >= 0.3 is 13.6 Å². The van der Waals surface area contributed by atoms with E-state index in [1.807, 2.05) is 119 Å². The standard InChI is InChI=1S/C62H104IO15PSi/c1-20-67-79(66,68-21-2)42-56(65)69-57(43(3)4)44(5)30-32-47-35-48(71-59(10,11)70-47)36-49-37-50(73-60(12,13)72-49)38-51-39-52(75-61(14,15)74-51)40-53-41-55(77-62(16,17)76-53)45(6)54(78-80(18,19)58(7,8)9)33-31-46(63)29-27-25-23-22-24-26-28-34-64/h22-32,34,43-45,47-55,57H,20-21,33,35-42H2,1-19H3/b24-22+,25-23+,28-26+,29-27+,32-30+,46-31+/t44-,45-,47-,48-,49-,50-,51+,52+,53+,54-,55+,57-/m0/s1. The molecule has 0 unspecified atom stereocenters. The predicted molar refractivity (Wildman–Crippen MR) is 327 cm³/mol. The molecule has 0 N–H and O–H groups in total. The van der Waals surface area contributed by atoms with Crippen molar-refractivity contribution in [2.75, 3.05) is 19.4 Å². The highest BCUT2D eigenvalue weighted by Gasteiger charge is 2.48. The van der Waals surface area contributed by atoms with Gasteiger partial charge in [-0.05, 0) is 134 Å². The van der Waals surface area contributed by atoms with Crippen LogP contribution in [0.4, 0.5) is 0 Å². The van der Waals surface area contributed by atoms with E-state index in [1.54, 1.807) is 19.9 Å². The summed E-state index contributed by atoms with van der Waals surface area (Å²) in [6, 6.07) is 0. The zero-order chi connectivity index (χ0) is 59.9. The van der Waals surface area contributed by atoms with Gasteiger partial charge in [-0.25, -0.2) is 0 Å². The summed E-state index contributed by atoms with van der Waals surface area (Å²) in [4.78, 5) is 23.6. The largest absolute Gasteiger partial charge is 0.461 e. The van der Waals surface area contributed by atoms with Gasteiger partial charge in [-0.1, -0.05) is 103 Å². The molecule has 0 amide bonds. The van der Waals surface area contributed by atoms with Crippen molar-refractivity contribution in [3.63, 3.8) is 0 Å². The minimum absolute atomic E-state index is 0.00884. The van der Waals surface area contributed by atoms with E-state index in [9.17, 15) is 14.2 Å². The molecule has 0 aromatic carbocycles. The predicted octanol–water partition coefficient (Wildman–Crippen LogP) is 15.0. The molecule has 4 saturated heterocycles. The van der Waals surface area contributed by atoms with Gasteiger partial charge < -0.3 is 56.1 Å². The maximum Gasteiger partial charge on any atom is 0.341 e. The summed E-state index contributed by atoms with van der Waals surface area (Å²) >= 11 is 2.38. The fourth-order valence-electron chi connectivity index (χ4n) is 11.0. The van der Waals surface area contributed by atoms with Crippen LogP contribution in [-0.4, -0.2) is 124 Å². The molecule has 15 nitrogen and oxygen atoms in total. The average molecular weight is 1280 g/mol. The third-order valence-corrected chi connectivity index (χ3v) is 22.5. The molecule has 12 atom stereocenters. The maximum atomic E-state index is 13.1. The van der Waals surface area contributed by atoms with Gasteiger partial charge in [0.25, 0.3) is 0 Å². The van der Waals surface area contributed by atoms with Gasteiger partial charge in [-0.15, -0.1) is 0 Å². The Hall–Kier alpha value is -1.68. The third-order valence-electron chi connectivity index (χ3n) is 15.2. The summed E-state index contributed by atoms with van der Waals surface area (Å²) in [6.07, 6.45) is 25.2. The Bertz CT molecular complexity index is 2170. The Labute approximate surface area is 497 Å². The van der Waals surface area contributed by atoms with Crippen molar-refractivity contribution < 1.29 is 70.3 Å². The van der Waals surface area contributed by atoms with Crippen LogP contribution in [0.5, 0.6) is 0 Å². The van der Waals surface area contributed by atoms with Gasteiger partial charge in [-0.2, -0.15) is 0 Å². The van der Waals surface area contributed by atoms with E-state index in [2.05, 4.69) is 75.5 Å². The number of carbonyl (C=O) groups is 2. The van der Waals surface area contributed by atoms with Crippen LogP contribution in [0.1, 0.15) is 169 Å². The minimum Gasteiger partial charge on any atom is -0.461 e. The molecule has 80 heavy (non-hydrogen) atoms. The molecule has 0 saturated carbocycles. The van der Waals surface area contributed by atoms with Gasteiger partial charge in [0.2, 0.25) is 0 Å². The molecule has 4 heterocycles. The number of halogens is 1. The molecule has 0 spiro atoms. The molecule has 0 aromatic rings. The molecular formula is C62H104IO15PSi. The fraction of sp³-hybridized carbons (Fsp3) is 0.774. The Morgan fingerprint density at radius 2 is 1.10 bits per heavy atom. The van der Waals surface area contributed by atoms with Crippen LogP contribution in [0.25, 0.3) is 0 Å². The summed E-state index contributed by atoms with van der Waals surface area (Å²) in [7, 11) is -5.78. The molecule has 0 aromatic heterocycles. The van der Waals surface area contributed by atoms with Crippen molar-refractivity contribution in [3.05, 3.63) is 70.4 Å². The summed E-state index contributed by atoms with van der Waals surface area (Å²) in [6.45, 7) is 39.4. The van der Waals surface area contributed by atoms with Crippen LogP contribution in [0.3, 0.4) is 0 Å². The molecule has 4 aliphatic heterocycles. The van der Waals surface area contributed by atoms with Crippen LogP contribution in [-0.2, 0) is 70.3 Å². The minimum atomic E-state index is -3.60. The lowest BCUT2D eigenvalue weighted by Gasteiger charge is -2.48. The number of rotatable bonds is 28. The van der Waals surface area contributed by atoms with Gasteiger partial charge in [0.15, 0.2) is 31.5 Å². The van der Waals surface area contributed by atoms with E-state index < -0.39 is 57.3 Å². The average Bonchev–Trinajstić information content (AvgIpc) is 3.29. The lowest BCUT2D eigenvalue weighted by Crippen LogP contribution is -2.53. The second-order valence-electron chi connectivity index (χ2n) is 25.8. The lowest BCUT2D eigenvalue weighted by atomic mass is 9.88. The number of ether oxygens (including phenoxy) is 9. The summed E-state index contributed by atoms with van der Waals surface area (Å²) in [5, 5.41) is 0.0284. The van der Waals surface area contributed by atoms with E-state index in [0.29, 0.717) is 44.9 Å². The maximum absolute atomic E-state index is 13.1. The van der Waals surface area contributed by atoms with Crippen molar-refractivity contribution in [3.8, 4) is 0 Å². The monoisotopic (exact) mass is 1270 g/mol. The molecule has 0 aliphatic carbocycles. The van der Waals surface area contributed by atoms with E-state index in [1.165, 1.54) is 6.08 Å². The highest BCUT2D eigenvalue weighted by atomic mass is 127. The van der Waals surface area contributed by atoms with Crippen LogP contribution in [0.2, 0.25) is 18.1 Å². The number of carbonyl (C=O) groups excluding carboxylic acids is 2. The zero-order valence-corrected chi connectivity index (χ0v) is 56.2. The van der Waals surface area contributed by atoms with Crippen molar-refractivity contribution in [1.29, 1.82) is 0 Å². The molecule has 4 aliphatic rings. The first kappa shape index (κ1) is 70.8. The van der Waals surface area contributed by atoms with E-state index in [-0.39, 0.29) is 90.9 Å². The summed E-state index contributed by atoms with van der Waals surface area (Å²) in [5.74, 6) is -4.04. The molecule has 4 rings (SSSR count). The Morgan fingerprint density at radius 3 is 1.56 bits per heavy atom. The lowest BCUT2D eigenvalue weighted by molar-refractivity contribution is -0.340. The Kier molecular flexibility index (Phi) is 27.5. The van der Waals surface area contributed by atoms with E-state index in [4.69, 9.17) is 56.1 Å². The van der Waals surface area contributed by atoms with Crippen molar-refractivity contribution >= 4 is 50.8 Å². The SMILES string of the molecule is CCOP(=O)(CC(=O)O[C@@H](C(C)C)[C@@H](C)/C=C/[C@H]1C[C@@H](C[C@H]2C[C@@H](C[C@@H]3C[C@H](C[C@@H]4C[C@H]([C@@H](C)[C@H](C\C=C(I)/C=C/C=C/C=C/C=C/C=O)O[Si](C)(C)C(C)(C)C)OC(C)(C)O4)OC(C)(C)O3)OC(C)(C)O2)OC(C)(C)O1)OCC. The molecule has 4 fully saturated rings. The zero-order valence-electron chi connectivity index (χ0n) is 52.2. The van der Waals surface area contributed by atoms with Crippen LogP contribution in [0.15, 0.2) is 70.4 Å². The summed E-state index contributed by atoms with van der Waals surface area (Å²) in [5.41, 5.74) is 0. The Balaban J connectivity index is 1.42. The van der Waals surface area contributed by atoms with E-state index in [0.717, 1.165) is 16.3 Å². The van der Waals surface area contributed by atoms with Gasteiger partial charge in [0, 0.05) is 60.4 Å². The van der Waals surface area contributed by atoms with Crippen LogP contribution >= 0.6 is 30.2 Å². The number of aldehydes is 1. The number of allylic oxidation sites excluding steroid dienone is 9. The molecule has 0 radical (unpaired) electrons. The number of esters is 1. The Morgan fingerprint density at radius 1 is 0.662 bits per heavy atom. The topological polar surface area (TPSA) is 162 Å². The molecule has 0 bridgehead atoms. The number of hydrogen-bond donors (Lipinski definition) is 0. The molecule has 18 heteroatoms. The van der Waals surface area contributed by atoms with Gasteiger partial charge in [0.05, 0.1) is 68.1 Å². The highest BCUT2D eigenvalue weighted by Crippen LogP contribution is 2.48. The second kappa shape index (κ2) is 31.1. The molecular weight excluding hydrogens is 1170 g/mol. The first-order chi connectivity index (χ1) is 37.1.